The number of carbonyl (C=O) groups is 1. The van der Waals surface area contributed by atoms with Gasteiger partial charge >= 0.3 is 0 Å². The number of pyridine rings is 1. The van der Waals surface area contributed by atoms with E-state index in [0.29, 0.717) is 16.0 Å². The molecule has 0 spiro atoms. The van der Waals surface area contributed by atoms with Crippen molar-refractivity contribution in [2.45, 2.75) is 13.3 Å². The molecule has 2 rings (SSSR count). The first-order chi connectivity index (χ1) is 8.20. The van der Waals surface area contributed by atoms with Crippen molar-refractivity contribution in [2.75, 3.05) is 5.32 Å². The van der Waals surface area contributed by atoms with Gasteiger partial charge in [0.05, 0.1) is 0 Å². The van der Waals surface area contributed by atoms with Crippen LogP contribution in [0.2, 0.25) is 0 Å². The van der Waals surface area contributed by atoms with E-state index in [1.807, 2.05) is 6.92 Å². The summed E-state index contributed by atoms with van der Waals surface area (Å²) >= 11 is 3.28. The van der Waals surface area contributed by atoms with E-state index in [4.69, 9.17) is 0 Å². The lowest BCUT2D eigenvalue weighted by atomic mass is 10.3. The monoisotopic (exact) mass is 294 g/mol. The van der Waals surface area contributed by atoms with Gasteiger partial charge in [-0.1, -0.05) is 6.92 Å². The number of hydrogen-bond donors (Lipinski definition) is 2. The zero-order valence-corrected chi connectivity index (χ0v) is 10.8. The molecule has 88 valence electrons. The van der Waals surface area contributed by atoms with Crippen LogP contribution in [0, 0.1) is 0 Å². The number of H-pyrrole nitrogens is 1. The fourth-order valence-electron chi connectivity index (χ4n) is 1.34. The van der Waals surface area contributed by atoms with Gasteiger partial charge in [0.1, 0.15) is 5.69 Å². The van der Waals surface area contributed by atoms with Gasteiger partial charge in [0.2, 0.25) is 0 Å². The highest BCUT2D eigenvalue weighted by atomic mass is 79.9. The molecule has 0 atom stereocenters. The molecule has 17 heavy (non-hydrogen) atoms. The Bertz CT molecular complexity index is 538. The van der Waals surface area contributed by atoms with E-state index in [1.165, 1.54) is 0 Å². The first kappa shape index (κ1) is 11.8. The number of halogens is 1. The zero-order valence-electron chi connectivity index (χ0n) is 9.20. The van der Waals surface area contributed by atoms with Crippen LogP contribution in [-0.2, 0) is 6.42 Å². The quantitative estimate of drug-likeness (QED) is 0.913. The fourth-order valence-corrected chi connectivity index (χ4v) is 1.77. The molecule has 1 amide bonds. The fraction of sp³-hybridized carbons (Fsp3) is 0.182. The van der Waals surface area contributed by atoms with E-state index in [-0.39, 0.29) is 5.91 Å². The first-order valence-electron chi connectivity index (χ1n) is 5.17. The molecular weight excluding hydrogens is 284 g/mol. The molecular formula is C11H11BrN4O. The summed E-state index contributed by atoms with van der Waals surface area (Å²) in [6.07, 6.45) is 2.41. The van der Waals surface area contributed by atoms with E-state index in [1.54, 1.807) is 24.4 Å². The Morgan fingerprint density at radius 2 is 2.41 bits per heavy atom. The van der Waals surface area contributed by atoms with Crippen LogP contribution in [-0.4, -0.2) is 21.1 Å². The molecule has 5 nitrogen and oxygen atoms in total. The predicted molar refractivity (Wildman–Crippen MR) is 67.9 cm³/mol. The summed E-state index contributed by atoms with van der Waals surface area (Å²) in [5.74, 6) is 0.219. The molecule has 2 heterocycles. The van der Waals surface area contributed by atoms with E-state index in [9.17, 15) is 4.79 Å². The van der Waals surface area contributed by atoms with Crippen molar-refractivity contribution in [3.8, 4) is 0 Å². The van der Waals surface area contributed by atoms with Crippen LogP contribution in [0.25, 0.3) is 0 Å². The predicted octanol–water partition coefficient (Wildman–Crippen LogP) is 2.38. The van der Waals surface area contributed by atoms with Gasteiger partial charge in [0.15, 0.2) is 5.82 Å². The number of carbonyl (C=O) groups excluding carboxylic acids is 1. The molecule has 6 heteroatoms. The topological polar surface area (TPSA) is 70.7 Å². The van der Waals surface area contributed by atoms with Crippen molar-refractivity contribution < 1.29 is 4.79 Å². The summed E-state index contributed by atoms with van der Waals surface area (Å²) in [7, 11) is 0. The van der Waals surface area contributed by atoms with Gasteiger partial charge in [-0.15, -0.1) is 0 Å². The van der Waals surface area contributed by atoms with Gasteiger partial charge in [-0.05, 0) is 34.5 Å². The second kappa shape index (κ2) is 5.09. The molecule has 0 aliphatic carbocycles. The molecule has 2 N–H and O–H groups in total. The number of aromatic nitrogens is 3. The van der Waals surface area contributed by atoms with Crippen LogP contribution >= 0.6 is 15.9 Å². The number of rotatable bonds is 3. The van der Waals surface area contributed by atoms with Crippen LogP contribution in [0.3, 0.4) is 0 Å². The summed E-state index contributed by atoms with van der Waals surface area (Å²) in [6.45, 7) is 2.01. The summed E-state index contributed by atoms with van der Waals surface area (Å²) in [5, 5.41) is 9.49. The van der Waals surface area contributed by atoms with Crippen LogP contribution < -0.4 is 5.32 Å². The van der Waals surface area contributed by atoms with Crippen molar-refractivity contribution >= 4 is 27.7 Å². The molecule has 0 aliphatic heterocycles. The maximum Gasteiger partial charge on any atom is 0.276 e. The highest BCUT2D eigenvalue weighted by Crippen LogP contribution is 2.15. The number of nitrogens with zero attached hydrogens (tertiary/aromatic N) is 2. The molecule has 0 fully saturated rings. The standard InChI is InChI=1S/C11H11BrN4O/c1-2-7-6-9(16-15-7)14-11(17)10-8(12)4-3-5-13-10/h3-6H,2H2,1H3,(H2,14,15,16,17). The summed E-state index contributed by atoms with van der Waals surface area (Å²) in [6, 6.07) is 5.32. The normalized spacial score (nSPS) is 10.2. The number of anilines is 1. The summed E-state index contributed by atoms with van der Waals surface area (Å²) in [4.78, 5) is 15.9. The zero-order chi connectivity index (χ0) is 12.3. The van der Waals surface area contributed by atoms with Crippen LogP contribution in [0.15, 0.2) is 28.9 Å². The molecule has 0 aromatic carbocycles. The van der Waals surface area contributed by atoms with E-state index >= 15 is 0 Å². The Morgan fingerprint density at radius 3 is 3.06 bits per heavy atom. The average molecular weight is 295 g/mol. The van der Waals surface area contributed by atoms with Crippen molar-refractivity contribution in [1.82, 2.24) is 15.2 Å². The first-order valence-corrected chi connectivity index (χ1v) is 5.96. The van der Waals surface area contributed by atoms with Gasteiger partial charge in [0.25, 0.3) is 5.91 Å². The Morgan fingerprint density at radius 1 is 1.59 bits per heavy atom. The largest absolute Gasteiger partial charge is 0.304 e. The van der Waals surface area contributed by atoms with E-state index in [0.717, 1.165) is 12.1 Å². The smallest absolute Gasteiger partial charge is 0.276 e. The minimum Gasteiger partial charge on any atom is -0.304 e. The van der Waals surface area contributed by atoms with Crippen LogP contribution in [0.5, 0.6) is 0 Å². The van der Waals surface area contributed by atoms with Gasteiger partial charge in [-0.3, -0.25) is 9.89 Å². The summed E-state index contributed by atoms with van der Waals surface area (Å²) in [5.41, 5.74) is 1.31. The third kappa shape index (κ3) is 2.71. The molecule has 0 radical (unpaired) electrons. The molecule has 2 aromatic heterocycles. The number of amides is 1. The third-order valence-corrected chi connectivity index (χ3v) is 2.87. The van der Waals surface area contributed by atoms with Crippen molar-refractivity contribution in [3.05, 3.63) is 40.3 Å². The summed E-state index contributed by atoms with van der Waals surface area (Å²) < 4.78 is 0.656. The van der Waals surface area contributed by atoms with E-state index in [2.05, 4.69) is 36.4 Å². The molecule has 0 aliphatic rings. The molecule has 0 saturated heterocycles. The highest BCUT2D eigenvalue weighted by molar-refractivity contribution is 9.10. The second-order valence-corrected chi connectivity index (χ2v) is 4.27. The molecule has 2 aromatic rings. The Balaban J connectivity index is 2.14. The Kier molecular flexibility index (Phi) is 3.53. The van der Waals surface area contributed by atoms with Crippen LogP contribution in [0.1, 0.15) is 23.1 Å². The molecule has 0 unspecified atom stereocenters. The number of nitrogens with one attached hydrogen (secondary N) is 2. The maximum atomic E-state index is 11.9. The highest BCUT2D eigenvalue weighted by Gasteiger charge is 2.12. The number of aryl methyl sites for hydroxylation is 1. The minimum atomic E-state index is -0.286. The third-order valence-electron chi connectivity index (χ3n) is 2.23. The van der Waals surface area contributed by atoms with Crippen molar-refractivity contribution in [3.63, 3.8) is 0 Å². The number of hydrogen-bond acceptors (Lipinski definition) is 3. The lowest BCUT2D eigenvalue weighted by Crippen LogP contribution is -2.14. The van der Waals surface area contributed by atoms with Crippen LogP contribution in [0.4, 0.5) is 5.82 Å². The molecule has 0 bridgehead atoms. The van der Waals surface area contributed by atoms with Gasteiger partial charge in [0, 0.05) is 22.4 Å². The van der Waals surface area contributed by atoms with Gasteiger partial charge < -0.3 is 5.32 Å². The average Bonchev–Trinajstić information content (AvgIpc) is 2.77. The Hall–Kier alpha value is -1.69. The molecule has 0 saturated carbocycles. The lowest BCUT2D eigenvalue weighted by Gasteiger charge is -2.02. The van der Waals surface area contributed by atoms with E-state index < -0.39 is 0 Å². The van der Waals surface area contributed by atoms with Crippen molar-refractivity contribution in [2.24, 2.45) is 0 Å². The number of aromatic amines is 1. The minimum absolute atomic E-state index is 0.286. The SMILES string of the molecule is CCc1cc(NC(=O)c2ncccc2Br)n[nH]1. The van der Waals surface area contributed by atoms with Gasteiger partial charge in [-0.25, -0.2) is 4.98 Å². The lowest BCUT2D eigenvalue weighted by molar-refractivity contribution is 0.102. The van der Waals surface area contributed by atoms with Crippen molar-refractivity contribution in [1.29, 1.82) is 0 Å². The Labute approximate surface area is 107 Å². The maximum absolute atomic E-state index is 11.9. The second-order valence-electron chi connectivity index (χ2n) is 3.42. The van der Waals surface area contributed by atoms with Gasteiger partial charge in [-0.2, -0.15) is 5.10 Å².